The summed E-state index contributed by atoms with van der Waals surface area (Å²) in [7, 11) is 6.40. The zero-order valence-corrected chi connectivity index (χ0v) is 8.97. The first-order valence-corrected chi connectivity index (χ1v) is 7.86. The van der Waals surface area contributed by atoms with Crippen LogP contribution >= 0.6 is 29.7 Å². The molecule has 0 N–H and O–H groups in total. The van der Waals surface area contributed by atoms with Gasteiger partial charge in [0.2, 0.25) is 0 Å². The fraction of sp³-hybridized carbons (Fsp3) is 0.250. The Kier molecular flexibility index (Phi) is 3.16. The molecule has 0 fully saturated rings. The second-order valence-corrected chi connectivity index (χ2v) is 9.68. The molecule has 62 valence electrons. The van der Waals surface area contributed by atoms with E-state index in [2.05, 4.69) is 36.8 Å². The number of hydrogen-bond donors (Lipinski definition) is 0. The largest absolute Gasteiger partial charge is 0.157 e. The summed E-state index contributed by atoms with van der Waals surface area (Å²) < 4.78 is 0. The van der Waals surface area contributed by atoms with Crippen LogP contribution in [0.25, 0.3) is 0 Å². The summed E-state index contributed by atoms with van der Waals surface area (Å²) >= 11 is 0. The molecule has 11 heavy (non-hydrogen) atoms. The number of halogens is 1. The Labute approximate surface area is 77.6 Å². The normalized spacial score (nSPS) is 13.0. The Morgan fingerprint density at radius 3 is 2.18 bits per heavy atom. The third-order valence-electron chi connectivity index (χ3n) is 1.47. The van der Waals surface area contributed by atoms with Crippen molar-refractivity contribution in [2.75, 3.05) is 12.5 Å². The molecule has 0 aromatic heterocycles. The van der Waals surface area contributed by atoms with Gasteiger partial charge < -0.3 is 0 Å². The summed E-state index contributed by atoms with van der Waals surface area (Å²) in [6.07, 6.45) is 4.39. The molecule has 0 aliphatic rings. The van der Waals surface area contributed by atoms with Gasteiger partial charge in [-0.25, -0.2) is 0 Å². The molecule has 3 heteroatoms. The maximum atomic E-state index is 5.78. The van der Waals surface area contributed by atoms with E-state index in [0.717, 1.165) is 0 Å². The monoisotopic (exact) mass is 206 g/mol. The highest BCUT2D eigenvalue weighted by Crippen LogP contribution is 2.62. The van der Waals surface area contributed by atoms with Crippen LogP contribution in [0.15, 0.2) is 35.2 Å². The lowest BCUT2D eigenvalue weighted by Crippen LogP contribution is -1.87. The van der Waals surface area contributed by atoms with E-state index in [1.54, 1.807) is 0 Å². The van der Waals surface area contributed by atoms with Crippen molar-refractivity contribution < 1.29 is 0 Å². The van der Waals surface area contributed by atoms with Crippen molar-refractivity contribution in [1.82, 2.24) is 0 Å². The van der Waals surface area contributed by atoms with Crippen molar-refractivity contribution in [2.24, 2.45) is 0 Å². The van der Waals surface area contributed by atoms with Gasteiger partial charge in [0.1, 0.15) is 0 Å². The Morgan fingerprint density at radius 2 is 1.73 bits per heavy atom. The SMILES string of the molecule is CS(C)(SCl)c1ccccc1. The third kappa shape index (κ3) is 2.32. The van der Waals surface area contributed by atoms with E-state index in [1.165, 1.54) is 14.9 Å². The molecule has 1 rings (SSSR count). The maximum absolute atomic E-state index is 5.78. The maximum Gasteiger partial charge on any atom is -0.000630 e. The first-order chi connectivity index (χ1) is 5.17. The van der Waals surface area contributed by atoms with Crippen LogP contribution in [0.2, 0.25) is 0 Å². The molecule has 0 heterocycles. The Balaban J connectivity index is 2.93. The van der Waals surface area contributed by atoms with Gasteiger partial charge in [-0.3, -0.25) is 0 Å². The summed E-state index contributed by atoms with van der Waals surface area (Å²) in [6, 6.07) is 10.4. The molecular weight excluding hydrogens is 196 g/mol. The van der Waals surface area contributed by atoms with Crippen LogP contribution < -0.4 is 0 Å². The highest BCUT2D eigenvalue weighted by Gasteiger charge is 2.12. The van der Waals surface area contributed by atoms with E-state index in [9.17, 15) is 0 Å². The Bertz CT molecular complexity index is 221. The van der Waals surface area contributed by atoms with Crippen LogP contribution in [0.4, 0.5) is 0 Å². The van der Waals surface area contributed by atoms with E-state index in [0.29, 0.717) is 0 Å². The number of benzene rings is 1. The van der Waals surface area contributed by atoms with Crippen LogP contribution in [0, 0.1) is 0 Å². The van der Waals surface area contributed by atoms with Crippen molar-refractivity contribution in [3.8, 4) is 0 Å². The van der Waals surface area contributed by atoms with Crippen molar-refractivity contribution in [3.63, 3.8) is 0 Å². The fourth-order valence-corrected chi connectivity index (χ4v) is 2.88. The molecule has 0 amide bonds. The average molecular weight is 207 g/mol. The van der Waals surface area contributed by atoms with Crippen molar-refractivity contribution in [1.29, 1.82) is 0 Å². The lowest BCUT2D eigenvalue weighted by Gasteiger charge is -2.26. The van der Waals surface area contributed by atoms with Crippen LogP contribution in [-0.4, -0.2) is 12.5 Å². The van der Waals surface area contributed by atoms with Gasteiger partial charge in [0.05, 0.1) is 0 Å². The summed E-state index contributed by atoms with van der Waals surface area (Å²) in [4.78, 5) is 1.35. The summed E-state index contributed by atoms with van der Waals surface area (Å²) in [5, 5.41) is 0. The molecule has 0 atom stereocenters. The number of hydrogen-bond acceptors (Lipinski definition) is 1. The van der Waals surface area contributed by atoms with Gasteiger partial charge in [-0.1, -0.05) is 18.2 Å². The molecule has 0 aliphatic heterocycles. The molecule has 1 aromatic carbocycles. The second-order valence-electron chi connectivity index (χ2n) is 2.61. The average Bonchev–Trinajstić information content (AvgIpc) is 2.06. The summed E-state index contributed by atoms with van der Waals surface area (Å²) in [6.45, 7) is 0. The van der Waals surface area contributed by atoms with Crippen LogP contribution in [0.5, 0.6) is 0 Å². The molecule has 0 radical (unpaired) electrons. The van der Waals surface area contributed by atoms with Gasteiger partial charge in [0.15, 0.2) is 0 Å². The minimum atomic E-state index is -0.816. The second kappa shape index (κ2) is 3.74. The van der Waals surface area contributed by atoms with E-state index >= 15 is 0 Å². The first-order valence-electron chi connectivity index (χ1n) is 3.25. The van der Waals surface area contributed by atoms with Crippen molar-refractivity contribution in [3.05, 3.63) is 30.3 Å². The molecule has 0 spiro atoms. The fourth-order valence-electron chi connectivity index (χ4n) is 0.785. The first kappa shape index (κ1) is 9.30. The molecule has 0 nitrogen and oxygen atoms in total. The van der Waals surface area contributed by atoms with E-state index in [-0.39, 0.29) is 0 Å². The smallest absolute Gasteiger partial charge is 0.000630 e. The van der Waals surface area contributed by atoms with Gasteiger partial charge in [0, 0.05) is 0 Å². The van der Waals surface area contributed by atoms with Gasteiger partial charge in [-0.15, -0.1) is 0 Å². The van der Waals surface area contributed by atoms with Crippen LogP contribution in [0.1, 0.15) is 0 Å². The molecular formula is C8H11ClS2. The van der Waals surface area contributed by atoms with Gasteiger partial charge in [0.25, 0.3) is 0 Å². The molecule has 0 bridgehead atoms. The molecule has 1 aromatic rings. The third-order valence-corrected chi connectivity index (χ3v) is 7.55. The predicted molar refractivity (Wildman–Crippen MR) is 57.6 cm³/mol. The topological polar surface area (TPSA) is 0 Å². The Hall–Kier alpha value is 0.210. The van der Waals surface area contributed by atoms with E-state index in [1.807, 2.05) is 6.07 Å². The van der Waals surface area contributed by atoms with Gasteiger partial charge >= 0.3 is 0 Å². The minimum absolute atomic E-state index is 0.816. The highest BCUT2D eigenvalue weighted by molar-refractivity contribution is 9.00. The number of rotatable bonds is 2. The van der Waals surface area contributed by atoms with Crippen molar-refractivity contribution in [2.45, 2.75) is 4.90 Å². The standard InChI is InChI=1S/C8H11ClS2/c1-11(2,10-9)8-6-4-3-5-7-8/h3-7H,1-2H3. The molecule has 0 aliphatic carbocycles. The Morgan fingerprint density at radius 1 is 1.18 bits per heavy atom. The predicted octanol–water partition coefficient (Wildman–Crippen LogP) is 3.91. The van der Waals surface area contributed by atoms with Crippen LogP contribution in [-0.2, 0) is 0 Å². The minimum Gasteiger partial charge on any atom is -0.157 e. The van der Waals surface area contributed by atoms with E-state index < -0.39 is 9.06 Å². The summed E-state index contributed by atoms with van der Waals surface area (Å²) in [5.41, 5.74) is 0. The van der Waals surface area contributed by atoms with E-state index in [4.69, 9.17) is 10.7 Å². The molecule has 0 unspecified atom stereocenters. The quantitative estimate of drug-likeness (QED) is 0.662. The van der Waals surface area contributed by atoms with Crippen molar-refractivity contribution >= 4 is 29.7 Å². The zero-order valence-electron chi connectivity index (χ0n) is 6.58. The van der Waals surface area contributed by atoms with Gasteiger partial charge in [-0.2, -0.15) is 9.06 Å². The summed E-state index contributed by atoms with van der Waals surface area (Å²) in [5.74, 6) is 0. The highest BCUT2D eigenvalue weighted by atomic mass is 35.7. The molecule has 0 saturated carbocycles. The zero-order chi connectivity index (χ0) is 8.32. The van der Waals surface area contributed by atoms with Crippen LogP contribution in [0.3, 0.4) is 0 Å². The van der Waals surface area contributed by atoms with Gasteiger partial charge in [-0.05, 0) is 50.2 Å². The molecule has 0 saturated heterocycles. The lowest BCUT2D eigenvalue weighted by molar-refractivity contribution is 1.45. The lowest BCUT2D eigenvalue weighted by atomic mass is 10.4.